The Morgan fingerprint density at radius 3 is 2.39 bits per heavy atom. The normalized spacial score (nSPS) is 10.8. The van der Waals surface area contributed by atoms with Crippen LogP contribution in [-0.2, 0) is 16.0 Å². The van der Waals surface area contributed by atoms with E-state index in [0.717, 1.165) is 0 Å². The van der Waals surface area contributed by atoms with E-state index in [1.54, 1.807) is 18.2 Å². The second kappa shape index (κ2) is 6.09. The van der Waals surface area contributed by atoms with Gasteiger partial charge >= 0.3 is 5.92 Å². The molecule has 0 aliphatic carbocycles. The van der Waals surface area contributed by atoms with Crippen molar-refractivity contribution in [2.24, 2.45) is 0 Å². The van der Waals surface area contributed by atoms with Gasteiger partial charge in [-0.15, -0.1) is 0 Å². The van der Waals surface area contributed by atoms with Crippen molar-refractivity contribution in [1.29, 1.82) is 0 Å². The van der Waals surface area contributed by atoms with Gasteiger partial charge in [-0.3, -0.25) is 9.59 Å². The van der Waals surface area contributed by atoms with Gasteiger partial charge < -0.3 is 10.6 Å². The number of hydrogen-bond donors (Lipinski definition) is 2. The first-order chi connectivity index (χ1) is 8.45. The average molecular weight is 256 g/mol. The van der Waals surface area contributed by atoms with Crippen molar-refractivity contribution in [2.45, 2.75) is 12.3 Å². The van der Waals surface area contributed by atoms with E-state index < -0.39 is 30.7 Å². The molecule has 0 aromatic heterocycles. The number of halogens is 2. The Kier molecular flexibility index (Phi) is 4.76. The van der Waals surface area contributed by atoms with Gasteiger partial charge in [0.25, 0.3) is 5.91 Å². The fourth-order valence-corrected chi connectivity index (χ4v) is 1.31. The van der Waals surface area contributed by atoms with Gasteiger partial charge in [0.1, 0.15) is 0 Å². The number of nitrogens with one attached hydrogen (secondary N) is 2. The number of likely N-dealkylation sites (N-methyl/N-ethyl adjacent to an activating group) is 1. The minimum absolute atomic E-state index is 0.359. The monoisotopic (exact) mass is 256 g/mol. The molecule has 1 aromatic carbocycles. The highest BCUT2D eigenvalue weighted by Gasteiger charge is 2.38. The van der Waals surface area contributed by atoms with Crippen LogP contribution in [0.2, 0.25) is 0 Å². The molecule has 0 heterocycles. The van der Waals surface area contributed by atoms with Crippen LogP contribution in [0, 0.1) is 0 Å². The maximum atomic E-state index is 13.5. The van der Waals surface area contributed by atoms with E-state index >= 15 is 0 Å². The summed E-state index contributed by atoms with van der Waals surface area (Å²) >= 11 is 0. The Bertz CT molecular complexity index is 421. The molecule has 18 heavy (non-hydrogen) atoms. The first kappa shape index (κ1) is 14.1. The number of hydrogen-bond acceptors (Lipinski definition) is 2. The SMILES string of the molecule is CNC(=O)CNC(=O)C(F)(F)Cc1ccccc1. The van der Waals surface area contributed by atoms with Crippen molar-refractivity contribution >= 4 is 11.8 Å². The van der Waals surface area contributed by atoms with Crippen LogP contribution in [0.4, 0.5) is 8.78 Å². The highest BCUT2D eigenvalue weighted by atomic mass is 19.3. The van der Waals surface area contributed by atoms with E-state index in [-0.39, 0.29) is 0 Å². The van der Waals surface area contributed by atoms with E-state index in [2.05, 4.69) is 5.32 Å². The molecule has 0 aliphatic rings. The summed E-state index contributed by atoms with van der Waals surface area (Å²) in [6, 6.07) is 7.97. The fraction of sp³-hybridized carbons (Fsp3) is 0.333. The Balaban J connectivity index is 2.57. The zero-order chi connectivity index (χ0) is 13.6. The lowest BCUT2D eigenvalue weighted by atomic mass is 10.1. The van der Waals surface area contributed by atoms with Crippen LogP contribution in [0.1, 0.15) is 5.56 Å². The summed E-state index contributed by atoms with van der Waals surface area (Å²) in [4.78, 5) is 22.1. The molecule has 0 saturated carbocycles. The largest absolute Gasteiger partial charge is 0.358 e. The zero-order valence-electron chi connectivity index (χ0n) is 9.87. The molecule has 4 nitrogen and oxygen atoms in total. The fourth-order valence-electron chi connectivity index (χ4n) is 1.31. The summed E-state index contributed by atoms with van der Waals surface area (Å²) in [7, 11) is 1.36. The lowest BCUT2D eigenvalue weighted by molar-refractivity contribution is -0.146. The lowest BCUT2D eigenvalue weighted by Crippen LogP contribution is -2.45. The van der Waals surface area contributed by atoms with E-state index in [1.807, 2.05) is 5.32 Å². The summed E-state index contributed by atoms with van der Waals surface area (Å²) in [5, 5.41) is 4.12. The number of alkyl halides is 2. The van der Waals surface area contributed by atoms with Crippen LogP contribution >= 0.6 is 0 Å². The molecular weight excluding hydrogens is 242 g/mol. The van der Waals surface area contributed by atoms with Crippen LogP contribution in [0.5, 0.6) is 0 Å². The number of carbonyl (C=O) groups excluding carboxylic acids is 2. The van der Waals surface area contributed by atoms with Gasteiger partial charge in [-0.2, -0.15) is 8.78 Å². The maximum absolute atomic E-state index is 13.5. The summed E-state index contributed by atoms with van der Waals surface area (Å²) in [5.74, 6) is -5.51. The second-order valence-electron chi connectivity index (χ2n) is 3.72. The Labute approximate surface area is 103 Å². The number of benzene rings is 1. The zero-order valence-corrected chi connectivity index (χ0v) is 9.87. The number of carbonyl (C=O) groups is 2. The van der Waals surface area contributed by atoms with Crippen LogP contribution in [0.3, 0.4) is 0 Å². The van der Waals surface area contributed by atoms with Gasteiger partial charge in [-0.1, -0.05) is 30.3 Å². The quantitative estimate of drug-likeness (QED) is 0.815. The molecule has 98 valence electrons. The lowest BCUT2D eigenvalue weighted by Gasteiger charge is -2.15. The van der Waals surface area contributed by atoms with E-state index in [9.17, 15) is 18.4 Å². The van der Waals surface area contributed by atoms with Crippen molar-refractivity contribution in [3.8, 4) is 0 Å². The molecule has 0 fully saturated rings. The van der Waals surface area contributed by atoms with E-state index in [4.69, 9.17) is 0 Å². The maximum Gasteiger partial charge on any atom is 0.328 e. The van der Waals surface area contributed by atoms with E-state index in [0.29, 0.717) is 5.56 Å². The summed E-state index contributed by atoms with van der Waals surface area (Å²) < 4.78 is 27.0. The molecule has 0 aliphatic heterocycles. The van der Waals surface area contributed by atoms with Gasteiger partial charge in [0, 0.05) is 13.5 Å². The molecule has 6 heteroatoms. The van der Waals surface area contributed by atoms with Crippen LogP contribution < -0.4 is 10.6 Å². The molecule has 0 saturated heterocycles. The minimum atomic E-state index is -3.53. The minimum Gasteiger partial charge on any atom is -0.358 e. The Morgan fingerprint density at radius 2 is 1.83 bits per heavy atom. The van der Waals surface area contributed by atoms with Gasteiger partial charge in [0.05, 0.1) is 6.54 Å². The molecular formula is C12H14F2N2O2. The first-order valence-electron chi connectivity index (χ1n) is 5.36. The third-order valence-electron chi connectivity index (χ3n) is 2.29. The molecule has 2 N–H and O–H groups in total. The van der Waals surface area contributed by atoms with Gasteiger partial charge in [0.2, 0.25) is 5.91 Å². The molecule has 0 spiro atoms. The number of amides is 2. The Hall–Kier alpha value is -1.98. The van der Waals surface area contributed by atoms with Crippen LogP contribution in [-0.4, -0.2) is 31.3 Å². The Morgan fingerprint density at radius 1 is 1.22 bits per heavy atom. The highest BCUT2D eigenvalue weighted by molar-refractivity contribution is 5.88. The topological polar surface area (TPSA) is 58.2 Å². The van der Waals surface area contributed by atoms with Crippen molar-refractivity contribution in [3.05, 3.63) is 35.9 Å². The molecule has 0 radical (unpaired) electrons. The van der Waals surface area contributed by atoms with Crippen molar-refractivity contribution < 1.29 is 18.4 Å². The number of rotatable bonds is 5. The smallest absolute Gasteiger partial charge is 0.328 e. The third-order valence-corrected chi connectivity index (χ3v) is 2.29. The van der Waals surface area contributed by atoms with Crippen molar-refractivity contribution in [1.82, 2.24) is 10.6 Å². The summed E-state index contributed by atoms with van der Waals surface area (Å²) in [6.45, 7) is -0.459. The highest BCUT2D eigenvalue weighted by Crippen LogP contribution is 2.20. The van der Waals surface area contributed by atoms with Gasteiger partial charge in [-0.05, 0) is 5.56 Å². The molecule has 1 aromatic rings. The van der Waals surface area contributed by atoms with Crippen LogP contribution in [0.25, 0.3) is 0 Å². The second-order valence-corrected chi connectivity index (χ2v) is 3.72. The first-order valence-corrected chi connectivity index (χ1v) is 5.36. The summed E-state index contributed by atoms with van der Waals surface area (Å²) in [6.07, 6.45) is -0.687. The molecule has 2 amide bonds. The molecule has 0 unspecified atom stereocenters. The molecule has 0 bridgehead atoms. The predicted molar refractivity (Wildman–Crippen MR) is 62.2 cm³/mol. The van der Waals surface area contributed by atoms with Crippen molar-refractivity contribution in [3.63, 3.8) is 0 Å². The molecule has 1 rings (SSSR count). The van der Waals surface area contributed by atoms with Gasteiger partial charge in [0.15, 0.2) is 0 Å². The standard InChI is InChI=1S/C12H14F2N2O2/c1-15-10(17)8-16-11(18)12(13,14)7-9-5-3-2-4-6-9/h2-6H,7-8H2,1H3,(H,15,17)(H,16,18). The van der Waals surface area contributed by atoms with Gasteiger partial charge in [-0.25, -0.2) is 0 Å². The molecule has 0 atom stereocenters. The summed E-state index contributed by atoms with van der Waals surface area (Å²) in [5.41, 5.74) is 0.359. The van der Waals surface area contributed by atoms with Crippen molar-refractivity contribution in [2.75, 3.05) is 13.6 Å². The third kappa shape index (κ3) is 4.12. The van der Waals surface area contributed by atoms with Crippen LogP contribution in [0.15, 0.2) is 30.3 Å². The average Bonchev–Trinajstić information content (AvgIpc) is 2.36. The van der Waals surface area contributed by atoms with E-state index in [1.165, 1.54) is 19.2 Å². The predicted octanol–water partition coefficient (Wildman–Crippen LogP) is 0.727.